The number of aromatic nitrogens is 3. The van der Waals surface area contributed by atoms with E-state index in [1.807, 2.05) is 24.4 Å². The first kappa shape index (κ1) is 14.7. The minimum absolute atomic E-state index is 0.0289. The molecule has 1 unspecified atom stereocenters. The Morgan fingerprint density at radius 2 is 2.09 bits per heavy atom. The maximum absolute atomic E-state index is 4.51. The number of aryl methyl sites for hydroxylation is 2. The summed E-state index contributed by atoms with van der Waals surface area (Å²) in [6.45, 7) is 4.15. The maximum atomic E-state index is 4.51. The van der Waals surface area contributed by atoms with Gasteiger partial charge >= 0.3 is 0 Å². The van der Waals surface area contributed by atoms with E-state index in [9.17, 15) is 0 Å². The number of hydrogen-bond acceptors (Lipinski definition) is 5. The molecule has 0 aliphatic carbocycles. The summed E-state index contributed by atoms with van der Waals surface area (Å²) < 4.78 is 4.34. The largest absolute Gasteiger partial charge is 0.348 e. The van der Waals surface area contributed by atoms with Gasteiger partial charge in [0.15, 0.2) is 0 Å². The molecule has 0 saturated heterocycles. The van der Waals surface area contributed by atoms with E-state index in [1.54, 1.807) is 0 Å². The summed E-state index contributed by atoms with van der Waals surface area (Å²) in [5, 5.41) is 4.30. The Labute approximate surface area is 134 Å². The molecule has 3 aromatic rings. The molecular formula is C17H18N4S. The third-order valence-corrected chi connectivity index (χ3v) is 4.10. The van der Waals surface area contributed by atoms with Crippen LogP contribution in [0.4, 0.5) is 5.13 Å². The molecule has 112 valence electrons. The lowest BCUT2D eigenvalue weighted by atomic mass is 10.0. The third kappa shape index (κ3) is 3.31. The monoisotopic (exact) mass is 310 g/mol. The SMILES string of the molecule is CCc1nsc(NC(c2cccc(C)c2)c2ccccn2)n1. The molecule has 0 spiro atoms. The lowest BCUT2D eigenvalue weighted by Gasteiger charge is -2.18. The topological polar surface area (TPSA) is 50.7 Å². The zero-order chi connectivity index (χ0) is 15.4. The molecule has 2 aromatic heterocycles. The van der Waals surface area contributed by atoms with Gasteiger partial charge in [-0.25, -0.2) is 4.98 Å². The summed E-state index contributed by atoms with van der Waals surface area (Å²) in [5.74, 6) is 0.872. The van der Waals surface area contributed by atoms with Gasteiger partial charge in [0.25, 0.3) is 0 Å². The maximum Gasteiger partial charge on any atom is 0.203 e. The van der Waals surface area contributed by atoms with Crippen molar-refractivity contribution in [2.75, 3.05) is 5.32 Å². The highest BCUT2D eigenvalue weighted by Gasteiger charge is 2.17. The van der Waals surface area contributed by atoms with Gasteiger partial charge in [0.1, 0.15) is 5.82 Å². The van der Waals surface area contributed by atoms with E-state index < -0.39 is 0 Å². The Hall–Kier alpha value is -2.27. The molecule has 0 fully saturated rings. The number of rotatable bonds is 5. The molecule has 3 rings (SSSR count). The lowest BCUT2D eigenvalue weighted by molar-refractivity contribution is 0.878. The third-order valence-electron chi connectivity index (χ3n) is 3.41. The van der Waals surface area contributed by atoms with E-state index in [4.69, 9.17) is 0 Å². The van der Waals surface area contributed by atoms with Gasteiger partial charge in [-0.2, -0.15) is 4.37 Å². The van der Waals surface area contributed by atoms with E-state index >= 15 is 0 Å². The predicted molar refractivity (Wildman–Crippen MR) is 90.2 cm³/mol. The highest BCUT2D eigenvalue weighted by Crippen LogP contribution is 2.26. The van der Waals surface area contributed by atoms with Crippen LogP contribution in [0, 0.1) is 6.92 Å². The molecule has 0 aliphatic rings. The fraction of sp³-hybridized carbons (Fsp3) is 0.235. The summed E-state index contributed by atoms with van der Waals surface area (Å²) in [6.07, 6.45) is 2.66. The van der Waals surface area contributed by atoms with Crippen molar-refractivity contribution in [1.82, 2.24) is 14.3 Å². The molecule has 0 amide bonds. The van der Waals surface area contributed by atoms with E-state index in [0.29, 0.717) is 0 Å². The van der Waals surface area contributed by atoms with Crippen LogP contribution >= 0.6 is 11.5 Å². The Bertz CT molecular complexity index is 739. The van der Waals surface area contributed by atoms with Gasteiger partial charge in [0.05, 0.1) is 11.7 Å². The van der Waals surface area contributed by atoms with E-state index in [2.05, 4.69) is 57.8 Å². The van der Waals surface area contributed by atoms with Crippen LogP contribution in [0.15, 0.2) is 48.7 Å². The quantitative estimate of drug-likeness (QED) is 0.773. The van der Waals surface area contributed by atoms with Crippen molar-refractivity contribution in [2.24, 2.45) is 0 Å². The van der Waals surface area contributed by atoms with Crippen LogP contribution in [-0.4, -0.2) is 14.3 Å². The number of pyridine rings is 1. The highest BCUT2D eigenvalue weighted by molar-refractivity contribution is 7.09. The summed E-state index contributed by atoms with van der Waals surface area (Å²) in [4.78, 5) is 9.01. The van der Waals surface area contributed by atoms with Crippen LogP contribution in [0.25, 0.3) is 0 Å². The second-order valence-electron chi connectivity index (χ2n) is 5.12. The van der Waals surface area contributed by atoms with Crippen molar-refractivity contribution < 1.29 is 0 Å². The van der Waals surface area contributed by atoms with E-state index in [1.165, 1.54) is 22.7 Å². The van der Waals surface area contributed by atoms with Crippen molar-refractivity contribution in [1.29, 1.82) is 0 Å². The number of benzene rings is 1. The Balaban J connectivity index is 1.96. The molecule has 1 atom stereocenters. The van der Waals surface area contributed by atoms with Gasteiger partial charge in [-0.15, -0.1) is 0 Å². The molecule has 0 radical (unpaired) electrons. The Morgan fingerprint density at radius 1 is 1.18 bits per heavy atom. The number of nitrogens with one attached hydrogen (secondary N) is 1. The normalized spacial score (nSPS) is 12.1. The molecular weight excluding hydrogens is 292 g/mol. The first-order valence-corrected chi connectivity index (χ1v) is 8.10. The minimum atomic E-state index is -0.0289. The first-order valence-electron chi connectivity index (χ1n) is 7.33. The predicted octanol–water partition coefficient (Wildman–Crippen LogP) is 4.01. The average molecular weight is 310 g/mol. The number of hydrogen-bond donors (Lipinski definition) is 1. The van der Waals surface area contributed by atoms with Gasteiger partial charge in [0, 0.05) is 24.2 Å². The van der Waals surface area contributed by atoms with Crippen LogP contribution in [0.1, 0.15) is 35.6 Å². The van der Waals surface area contributed by atoms with Crippen molar-refractivity contribution in [2.45, 2.75) is 26.3 Å². The molecule has 4 nitrogen and oxygen atoms in total. The summed E-state index contributed by atoms with van der Waals surface area (Å²) >= 11 is 1.40. The van der Waals surface area contributed by atoms with Gasteiger partial charge in [-0.1, -0.05) is 42.8 Å². The molecule has 1 aromatic carbocycles. The van der Waals surface area contributed by atoms with Gasteiger partial charge < -0.3 is 5.32 Å². The van der Waals surface area contributed by atoms with Crippen molar-refractivity contribution >= 4 is 16.7 Å². The molecule has 2 heterocycles. The molecule has 22 heavy (non-hydrogen) atoms. The van der Waals surface area contributed by atoms with Crippen LogP contribution < -0.4 is 5.32 Å². The lowest BCUT2D eigenvalue weighted by Crippen LogP contribution is -2.13. The fourth-order valence-corrected chi connectivity index (χ4v) is 2.98. The van der Waals surface area contributed by atoms with Crippen LogP contribution in [0.3, 0.4) is 0 Å². The second kappa shape index (κ2) is 6.66. The summed E-state index contributed by atoms with van der Waals surface area (Å²) in [7, 11) is 0. The Morgan fingerprint density at radius 3 is 2.77 bits per heavy atom. The molecule has 0 aliphatic heterocycles. The minimum Gasteiger partial charge on any atom is -0.348 e. The Kier molecular flexibility index (Phi) is 4.44. The summed E-state index contributed by atoms with van der Waals surface area (Å²) in [6, 6.07) is 14.4. The zero-order valence-electron chi connectivity index (χ0n) is 12.7. The van der Waals surface area contributed by atoms with E-state index in [0.717, 1.165) is 23.1 Å². The van der Waals surface area contributed by atoms with E-state index in [-0.39, 0.29) is 6.04 Å². The second-order valence-corrected chi connectivity index (χ2v) is 5.87. The molecule has 1 N–H and O–H groups in total. The average Bonchev–Trinajstić information content (AvgIpc) is 3.01. The van der Waals surface area contributed by atoms with Crippen LogP contribution in [0.2, 0.25) is 0 Å². The molecule has 0 saturated carbocycles. The smallest absolute Gasteiger partial charge is 0.203 e. The van der Waals surface area contributed by atoms with Gasteiger partial charge in [-0.05, 0) is 24.6 Å². The van der Waals surface area contributed by atoms with Crippen molar-refractivity contribution in [3.05, 3.63) is 71.3 Å². The van der Waals surface area contributed by atoms with Crippen LogP contribution in [0.5, 0.6) is 0 Å². The zero-order valence-corrected chi connectivity index (χ0v) is 13.5. The highest BCUT2D eigenvalue weighted by atomic mass is 32.1. The molecule has 5 heteroatoms. The van der Waals surface area contributed by atoms with Crippen LogP contribution in [-0.2, 0) is 6.42 Å². The standard InChI is InChI=1S/C17H18N4S/c1-3-15-19-17(22-21-15)20-16(14-9-4-5-10-18-14)13-8-6-7-12(2)11-13/h4-11,16H,3H2,1-2H3,(H,19,20,21). The van der Waals surface area contributed by atoms with Gasteiger partial charge in [0.2, 0.25) is 5.13 Å². The van der Waals surface area contributed by atoms with Crippen molar-refractivity contribution in [3.8, 4) is 0 Å². The fourth-order valence-electron chi connectivity index (χ4n) is 2.30. The summed E-state index contributed by atoms with van der Waals surface area (Å²) in [5.41, 5.74) is 3.38. The number of anilines is 1. The van der Waals surface area contributed by atoms with Gasteiger partial charge in [-0.3, -0.25) is 4.98 Å². The molecule has 0 bridgehead atoms. The first-order chi connectivity index (χ1) is 10.8. The number of nitrogens with zero attached hydrogens (tertiary/aromatic N) is 3. The van der Waals surface area contributed by atoms with Crippen molar-refractivity contribution in [3.63, 3.8) is 0 Å².